The average molecular weight is 281 g/mol. The van der Waals surface area contributed by atoms with Crippen LogP contribution in [0.15, 0.2) is 85.4 Å². The van der Waals surface area contributed by atoms with E-state index in [9.17, 15) is 0 Å². The van der Waals surface area contributed by atoms with Crippen molar-refractivity contribution in [2.24, 2.45) is 0 Å². The van der Waals surface area contributed by atoms with E-state index < -0.39 is 0 Å². The molecule has 0 radical (unpaired) electrons. The van der Waals surface area contributed by atoms with E-state index in [1.165, 1.54) is 10.8 Å². The second-order valence-corrected chi connectivity index (χ2v) is 5.39. The van der Waals surface area contributed by atoms with Gasteiger partial charge < -0.3 is 0 Å². The SMILES string of the molecule is C=C(c1ccc2ccccc2n1)c1cccc2ccccc12. The zero-order chi connectivity index (χ0) is 14.9. The Labute approximate surface area is 129 Å². The maximum atomic E-state index is 4.76. The van der Waals surface area contributed by atoms with Crippen molar-refractivity contribution in [3.63, 3.8) is 0 Å². The van der Waals surface area contributed by atoms with Crippen LogP contribution in [0, 0.1) is 0 Å². The Morgan fingerprint density at radius 3 is 2.32 bits per heavy atom. The van der Waals surface area contributed by atoms with Crippen molar-refractivity contribution in [2.75, 3.05) is 0 Å². The van der Waals surface area contributed by atoms with Crippen molar-refractivity contribution in [1.29, 1.82) is 0 Å². The number of hydrogen-bond acceptors (Lipinski definition) is 1. The zero-order valence-electron chi connectivity index (χ0n) is 12.2. The third kappa shape index (κ3) is 2.08. The molecule has 4 aromatic rings. The van der Waals surface area contributed by atoms with E-state index in [2.05, 4.69) is 61.2 Å². The summed E-state index contributed by atoms with van der Waals surface area (Å²) in [5.41, 5.74) is 4.03. The van der Waals surface area contributed by atoms with Crippen molar-refractivity contribution < 1.29 is 0 Å². The van der Waals surface area contributed by atoms with Gasteiger partial charge in [0.1, 0.15) is 0 Å². The lowest BCUT2D eigenvalue weighted by molar-refractivity contribution is 1.35. The van der Waals surface area contributed by atoms with Gasteiger partial charge in [-0.3, -0.25) is 0 Å². The van der Waals surface area contributed by atoms with Crippen molar-refractivity contribution in [3.05, 3.63) is 96.7 Å². The fraction of sp³-hybridized carbons (Fsp3) is 0. The van der Waals surface area contributed by atoms with Crippen LogP contribution in [0.3, 0.4) is 0 Å². The predicted molar refractivity (Wildman–Crippen MR) is 93.8 cm³/mol. The van der Waals surface area contributed by atoms with Crippen LogP contribution in [0.1, 0.15) is 11.3 Å². The number of hydrogen-bond donors (Lipinski definition) is 0. The lowest BCUT2D eigenvalue weighted by atomic mass is 9.97. The molecular weight excluding hydrogens is 266 g/mol. The second kappa shape index (κ2) is 5.12. The molecule has 22 heavy (non-hydrogen) atoms. The molecule has 0 spiro atoms. The van der Waals surface area contributed by atoms with Gasteiger partial charge in [-0.15, -0.1) is 0 Å². The highest BCUT2D eigenvalue weighted by atomic mass is 14.7. The Morgan fingerprint density at radius 1 is 0.682 bits per heavy atom. The van der Waals surface area contributed by atoms with Crippen LogP contribution in [0.5, 0.6) is 0 Å². The molecule has 0 aliphatic heterocycles. The molecule has 0 bridgehead atoms. The van der Waals surface area contributed by atoms with Crippen LogP contribution in [0.4, 0.5) is 0 Å². The van der Waals surface area contributed by atoms with Crippen LogP contribution < -0.4 is 0 Å². The van der Waals surface area contributed by atoms with Crippen molar-refractivity contribution >= 4 is 27.2 Å². The molecule has 0 aliphatic rings. The summed E-state index contributed by atoms with van der Waals surface area (Å²) in [4.78, 5) is 4.76. The van der Waals surface area contributed by atoms with Gasteiger partial charge in [0.15, 0.2) is 0 Å². The molecule has 0 amide bonds. The van der Waals surface area contributed by atoms with Crippen LogP contribution >= 0.6 is 0 Å². The number of fused-ring (bicyclic) bond motifs is 2. The maximum absolute atomic E-state index is 4.76. The Morgan fingerprint density at radius 2 is 1.41 bits per heavy atom. The summed E-state index contributed by atoms with van der Waals surface area (Å²) in [6, 6.07) is 27.0. The monoisotopic (exact) mass is 281 g/mol. The van der Waals surface area contributed by atoms with Gasteiger partial charge in [0.2, 0.25) is 0 Å². The topological polar surface area (TPSA) is 12.9 Å². The first kappa shape index (κ1) is 12.8. The van der Waals surface area contributed by atoms with E-state index in [0.717, 1.165) is 27.7 Å². The zero-order valence-corrected chi connectivity index (χ0v) is 12.2. The van der Waals surface area contributed by atoms with Gasteiger partial charge in [0.25, 0.3) is 0 Å². The summed E-state index contributed by atoms with van der Waals surface area (Å²) in [5, 5.41) is 3.59. The molecule has 0 N–H and O–H groups in total. The quantitative estimate of drug-likeness (QED) is 0.476. The summed E-state index contributed by atoms with van der Waals surface area (Å²) < 4.78 is 0. The first-order valence-electron chi connectivity index (χ1n) is 7.36. The minimum atomic E-state index is 0.926. The van der Waals surface area contributed by atoms with E-state index in [1.807, 2.05) is 24.3 Å². The molecule has 0 atom stereocenters. The van der Waals surface area contributed by atoms with Gasteiger partial charge in [-0.05, 0) is 28.5 Å². The molecule has 1 heterocycles. The van der Waals surface area contributed by atoms with Gasteiger partial charge in [0.05, 0.1) is 11.2 Å². The molecule has 0 unspecified atom stereocenters. The Hall–Kier alpha value is -2.93. The lowest BCUT2D eigenvalue weighted by Crippen LogP contribution is -1.92. The van der Waals surface area contributed by atoms with Crippen molar-refractivity contribution in [2.45, 2.75) is 0 Å². The van der Waals surface area contributed by atoms with E-state index >= 15 is 0 Å². The molecule has 0 aliphatic carbocycles. The third-order valence-electron chi connectivity index (χ3n) is 4.02. The molecule has 4 rings (SSSR count). The van der Waals surface area contributed by atoms with Gasteiger partial charge in [0, 0.05) is 11.0 Å². The first-order valence-corrected chi connectivity index (χ1v) is 7.36. The molecular formula is C21H15N. The average Bonchev–Trinajstić information content (AvgIpc) is 2.60. The smallest absolute Gasteiger partial charge is 0.0710 e. The van der Waals surface area contributed by atoms with Gasteiger partial charge in [-0.2, -0.15) is 0 Å². The number of benzene rings is 3. The minimum Gasteiger partial charge on any atom is -0.248 e. The predicted octanol–water partition coefficient (Wildman–Crippen LogP) is 5.45. The van der Waals surface area contributed by atoms with Crippen molar-refractivity contribution in [1.82, 2.24) is 4.98 Å². The van der Waals surface area contributed by atoms with Crippen LogP contribution in [-0.2, 0) is 0 Å². The Bertz CT molecular complexity index is 993. The molecule has 0 saturated carbocycles. The van der Waals surface area contributed by atoms with Gasteiger partial charge >= 0.3 is 0 Å². The number of para-hydroxylation sites is 1. The fourth-order valence-corrected chi connectivity index (χ4v) is 2.86. The highest BCUT2D eigenvalue weighted by Gasteiger charge is 2.08. The molecule has 0 fully saturated rings. The highest BCUT2D eigenvalue weighted by Crippen LogP contribution is 2.28. The number of aromatic nitrogens is 1. The highest BCUT2D eigenvalue weighted by molar-refractivity contribution is 5.97. The summed E-state index contributed by atoms with van der Waals surface area (Å²) in [5.74, 6) is 0. The summed E-state index contributed by atoms with van der Waals surface area (Å²) >= 11 is 0. The maximum Gasteiger partial charge on any atom is 0.0710 e. The Kier molecular flexibility index (Phi) is 2.97. The van der Waals surface area contributed by atoms with E-state index in [-0.39, 0.29) is 0 Å². The summed E-state index contributed by atoms with van der Waals surface area (Å²) in [7, 11) is 0. The number of nitrogens with zero attached hydrogens (tertiary/aromatic N) is 1. The van der Waals surface area contributed by atoms with Gasteiger partial charge in [-0.25, -0.2) is 4.98 Å². The lowest BCUT2D eigenvalue weighted by Gasteiger charge is -2.10. The molecule has 3 aromatic carbocycles. The van der Waals surface area contributed by atoms with Gasteiger partial charge in [-0.1, -0.05) is 73.3 Å². The van der Waals surface area contributed by atoms with Crippen LogP contribution in [0.25, 0.3) is 27.2 Å². The molecule has 1 aromatic heterocycles. The standard InChI is InChI=1S/C21H15N/c1-15(18-11-6-9-16-7-2-4-10-19(16)18)20-14-13-17-8-3-5-12-21(17)22-20/h2-14H,1H2. The van der Waals surface area contributed by atoms with Crippen LogP contribution in [-0.4, -0.2) is 4.98 Å². The molecule has 0 saturated heterocycles. The van der Waals surface area contributed by atoms with E-state index in [0.29, 0.717) is 0 Å². The van der Waals surface area contributed by atoms with Crippen LogP contribution in [0.2, 0.25) is 0 Å². The largest absolute Gasteiger partial charge is 0.248 e. The fourth-order valence-electron chi connectivity index (χ4n) is 2.86. The molecule has 1 nitrogen and oxygen atoms in total. The summed E-state index contributed by atoms with van der Waals surface area (Å²) in [6.07, 6.45) is 0. The molecule has 1 heteroatoms. The minimum absolute atomic E-state index is 0.926. The number of pyridine rings is 1. The number of rotatable bonds is 2. The summed E-state index contributed by atoms with van der Waals surface area (Å²) in [6.45, 7) is 4.29. The van der Waals surface area contributed by atoms with E-state index in [1.54, 1.807) is 0 Å². The van der Waals surface area contributed by atoms with E-state index in [4.69, 9.17) is 4.98 Å². The van der Waals surface area contributed by atoms with Crippen molar-refractivity contribution in [3.8, 4) is 0 Å². The molecule has 104 valence electrons. The third-order valence-corrected chi connectivity index (χ3v) is 4.02. The normalized spacial score (nSPS) is 10.9. The first-order chi connectivity index (χ1) is 10.8. The Balaban J connectivity index is 1.88. The second-order valence-electron chi connectivity index (χ2n) is 5.39.